The summed E-state index contributed by atoms with van der Waals surface area (Å²) in [7, 11) is 0. The van der Waals surface area contributed by atoms with Crippen LogP contribution in [0.4, 0.5) is 22.0 Å². The Bertz CT molecular complexity index is 359. The molecular weight excluding hydrogens is 318 g/mol. The van der Waals surface area contributed by atoms with Crippen LogP contribution in [-0.2, 0) is 0 Å². The molecule has 0 saturated carbocycles. The third kappa shape index (κ3) is 2.66. The average molecular weight is 323 g/mol. The maximum Gasteiger partial charge on any atom is 0.455 e. The van der Waals surface area contributed by atoms with Crippen LogP contribution in [0.3, 0.4) is 0 Å². The lowest BCUT2D eigenvalue weighted by Crippen LogP contribution is -2.40. The van der Waals surface area contributed by atoms with Crippen LogP contribution in [0.25, 0.3) is 0 Å². The Morgan fingerprint density at radius 1 is 1.00 bits per heavy atom. The monoisotopic (exact) mass is 322 g/mol. The minimum absolute atomic E-state index is 0.285. The minimum Gasteiger partial charge on any atom is -0.194 e. The molecule has 1 aromatic carbocycles. The van der Waals surface area contributed by atoms with E-state index in [2.05, 4.69) is 15.9 Å². The molecule has 0 amide bonds. The number of hydrogen-bond acceptors (Lipinski definition) is 0. The summed E-state index contributed by atoms with van der Waals surface area (Å²) >= 11 is 8.18. The zero-order chi connectivity index (χ0) is 12.6. The molecule has 1 aromatic rings. The molecule has 0 fully saturated rings. The Hall–Kier alpha value is -0.360. The molecule has 0 aliphatic heterocycles. The molecule has 7 heteroatoms. The number of halogens is 7. The summed E-state index contributed by atoms with van der Waals surface area (Å²) in [4.78, 5) is 0. The van der Waals surface area contributed by atoms with E-state index >= 15 is 0 Å². The molecule has 0 nitrogen and oxygen atoms in total. The molecule has 0 aliphatic rings. The summed E-state index contributed by atoms with van der Waals surface area (Å²) in [5, 5.41) is -2.43. The van der Waals surface area contributed by atoms with Gasteiger partial charge in [-0.1, -0.05) is 28.1 Å². The molecule has 1 rings (SSSR count). The fourth-order valence-corrected chi connectivity index (χ4v) is 1.52. The summed E-state index contributed by atoms with van der Waals surface area (Å²) in [6, 6.07) is 4.91. The third-order valence-corrected chi connectivity index (χ3v) is 2.91. The Morgan fingerprint density at radius 2 is 1.44 bits per heavy atom. The van der Waals surface area contributed by atoms with Gasteiger partial charge >= 0.3 is 12.1 Å². The topological polar surface area (TPSA) is 0 Å². The van der Waals surface area contributed by atoms with Gasteiger partial charge in [0.25, 0.3) is 0 Å². The zero-order valence-corrected chi connectivity index (χ0v) is 9.87. The van der Waals surface area contributed by atoms with Crippen molar-refractivity contribution in [1.82, 2.24) is 0 Å². The summed E-state index contributed by atoms with van der Waals surface area (Å²) < 4.78 is 62.3. The van der Waals surface area contributed by atoms with Crippen molar-refractivity contribution in [2.45, 2.75) is 17.5 Å². The van der Waals surface area contributed by atoms with Crippen LogP contribution >= 0.6 is 27.5 Å². The summed E-state index contributed by atoms with van der Waals surface area (Å²) in [6.45, 7) is 0. The van der Waals surface area contributed by atoms with E-state index in [-0.39, 0.29) is 5.56 Å². The zero-order valence-electron chi connectivity index (χ0n) is 7.53. The van der Waals surface area contributed by atoms with Crippen molar-refractivity contribution < 1.29 is 22.0 Å². The van der Waals surface area contributed by atoms with E-state index < -0.39 is 17.5 Å². The third-order valence-electron chi connectivity index (χ3n) is 1.86. The van der Waals surface area contributed by atoms with Gasteiger partial charge in [-0.05, 0) is 17.7 Å². The van der Waals surface area contributed by atoms with Crippen molar-refractivity contribution in [2.24, 2.45) is 0 Å². The summed E-state index contributed by atoms with van der Waals surface area (Å²) in [5.41, 5.74) is -0.285. The Balaban J connectivity index is 3.02. The van der Waals surface area contributed by atoms with Gasteiger partial charge in [0, 0.05) is 4.47 Å². The van der Waals surface area contributed by atoms with Crippen LogP contribution in [0.2, 0.25) is 0 Å². The number of rotatable bonds is 2. The van der Waals surface area contributed by atoms with E-state index in [9.17, 15) is 22.0 Å². The molecule has 1 unspecified atom stereocenters. The lowest BCUT2D eigenvalue weighted by atomic mass is 10.1. The second-order valence-corrected chi connectivity index (χ2v) is 4.39. The van der Waals surface area contributed by atoms with Gasteiger partial charge in [0.2, 0.25) is 0 Å². The van der Waals surface area contributed by atoms with Gasteiger partial charge in [0.1, 0.15) is 5.38 Å². The first-order valence-corrected chi connectivity index (χ1v) is 5.23. The van der Waals surface area contributed by atoms with Gasteiger partial charge in [-0.2, -0.15) is 22.0 Å². The number of alkyl halides is 6. The molecule has 0 spiro atoms. The molecular formula is C9H5BrClF5. The lowest BCUT2D eigenvalue weighted by molar-refractivity contribution is -0.283. The van der Waals surface area contributed by atoms with E-state index in [1.54, 1.807) is 0 Å². The SMILES string of the molecule is FC(F)(F)C(F)(F)C(Cl)c1ccc(Br)cc1. The first-order chi connectivity index (χ1) is 7.16. The van der Waals surface area contributed by atoms with Crippen LogP contribution < -0.4 is 0 Å². The largest absolute Gasteiger partial charge is 0.455 e. The molecule has 0 radical (unpaired) electrons. The molecule has 16 heavy (non-hydrogen) atoms. The van der Waals surface area contributed by atoms with Gasteiger partial charge in [0.15, 0.2) is 0 Å². The molecule has 0 N–H and O–H groups in total. The fraction of sp³-hybridized carbons (Fsp3) is 0.333. The van der Waals surface area contributed by atoms with E-state index in [4.69, 9.17) is 11.6 Å². The van der Waals surface area contributed by atoms with Crippen molar-refractivity contribution in [1.29, 1.82) is 0 Å². The van der Waals surface area contributed by atoms with Crippen LogP contribution in [0.1, 0.15) is 10.9 Å². The maximum atomic E-state index is 12.8. The van der Waals surface area contributed by atoms with Gasteiger partial charge in [-0.15, -0.1) is 11.6 Å². The Kier molecular flexibility index (Phi) is 3.84. The van der Waals surface area contributed by atoms with Crippen molar-refractivity contribution in [2.75, 3.05) is 0 Å². The lowest BCUT2D eigenvalue weighted by Gasteiger charge is -2.24. The van der Waals surface area contributed by atoms with Crippen LogP contribution in [0, 0.1) is 0 Å². The fourth-order valence-electron chi connectivity index (χ4n) is 0.985. The quantitative estimate of drug-likeness (QED) is 0.535. The van der Waals surface area contributed by atoms with Crippen LogP contribution in [-0.4, -0.2) is 12.1 Å². The highest BCUT2D eigenvalue weighted by molar-refractivity contribution is 9.10. The van der Waals surface area contributed by atoms with E-state index in [1.165, 1.54) is 12.1 Å². The van der Waals surface area contributed by atoms with E-state index in [0.29, 0.717) is 4.47 Å². The summed E-state index contributed by atoms with van der Waals surface area (Å²) in [6.07, 6.45) is -5.66. The predicted molar refractivity (Wildman–Crippen MR) is 53.7 cm³/mol. The maximum absolute atomic E-state index is 12.8. The first kappa shape index (κ1) is 13.7. The van der Waals surface area contributed by atoms with E-state index in [1.807, 2.05) is 0 Å². The molecule has 0 bridgehead atoms. The van der Waals surface area contributed by atoms with Crippen molar-refractivity contribution in [3.05, 3.63) is 34.3 Å². The summed E-state index contributed by atoms with van der Waals surface area (Å²) in [5.74, 6) is -4.96. The molecule has 0 saturated heterocycles. The highest BCUT2D eigenvalue weighted by Crippen LogP contribution is 2.47. The van der Waals surface area contributed by atoms with Crippen molar-refractivity contribution >= 4 is 27.5 Å². The van der Waals surface area contributed by atoms with E-state index in [0.717, 1.165) is 12.1 Å². The second kappa shape index (κ2) is 4.49. The molecule has 90 valence electrons. The normalized spacial score (nSPS) is 14.9. The molecule has 0 aliphatic carbocycles. The predicted octanol–water partition coefficient (Wildman–Crippen LogP) is 4.93. The Morgan fingerprint density at radius 3 is 1.81 bits per heavy atom. The Labute approximate surface area is 102 Å². The van der Waals surface area contributed by atoms with Gasteiger partial charge < -0.3 is 0 Å². The van der Waals surface area contributed by atoms with Crippen LogP contribution in [0.5, 0.6) is 0 Å². The second-order valence-electron chi connectivity index (χ2n) is 3.03. The molecule has 0 heterocycles. The standard InChI is InChI=1S/C9H5BrClF5/c10-6-3-1-5(2-4-6)7(11)8(12,13)9(14,15)16/h1-4,7H. The first-order valence-electron chi connectivity index (χ1n) is 4.00. The number of benzene rings is 1. The van der Waals surface area contributed by atoms with Gasteiger partial charge in [-0.3, -0.25) is 0 Å². The number of hydrogen-bond donors (Lipinski definition) is 0. The van der Waals surface area contributed by atoms with Crippen LogP contribution in [0.15, 0.2) is 28.7 Å². The average Bonchev–Trinajstić information content (AvgIpc) is 2.16. The molecule has 0 aromatic heterocycles. The van der Waals surface area contributed by atoms with Gasteiger partial charge in [-0.25, -0.2) is 0 Å². The van der Waals surface area contributed by atoms with Crippen molar-refractivity contribution in [3.63, 3.8) is 0 Å². The highest BCUT2D eigenvalue weighted by Gasteiger charge is 2.62. The highest BCUT2D eigenvalue weighted by atomic mass is 79.9. The minimum atomic E-state index is -5.66. The van der Waals surface area contributed by atoms with Crippen molar-refractivity contribution in [3.8, 4) is 0 Å². The van der Waals surface area contributed by atoms with Gasteiger partial charge in [0.05, 0.1) is 0 Å². The molecule has 1 atom stereocenters. The smallest absolute Gasteiger partial charge is 0.194 e.